The van der Waals surface area contributed by atoms with Gasteiger partial charge in [-0.05, 0) is 30.0 Å². The predicted molar refractivity (Wildman–Crippen MR) is 86.0 cm³/mol. The zero-order chi connectivity index (χ0) is 16.4. The highest BCUT2D eigenvalue weighted by Gasteiger charge is 2.24. The molecule has 0 aliphatic rings. The van der Waals surface area contributed by atoms with E-state index >= 15 is 0 Å². The molecule has 0 aliphatic heterocycles. The summed E-state index contributed by atoms with van der Waals surface area (Å²) in [5.74, 6) is 1.40. The topological polar surface area (TPSA) is 84.7 Å². The number of ketones is 1. The fourth-order valence-corrected chi connectivity index (χ4v) is 2.86. The molecule has 120 valence electrons. The quantitative estimate of drug-likeness (QED) is 0.756. The molecule has 0 radical (unpaired) electrons. The van der Waals surface area contributed by atoms with Gasteiger partial charge >= 0.3 is 0 Å². The first-order valence-electron chi connectivity index (χ1n) is 7.64. The lowest BCUT2D eigenvalue weighted by Gasteiger charge is -2.20. The van der Waals surface area contributed by atoms with Gasteiger partial charge < -0.3 is 9.32 Å². The second-order valence-corrected chi connectivity index (χ2v) is 6.79. The minimum atomic E-state index is -0.175. The molecule has 0 spiro atoms. The van der Waals surface area contributed by atoms with E-state index in [4.69, 9.17) is 4.52 Å². The van der Waals surface area contributed by atoms with Gasteiger partial charge in [0.2, 0.25) is 5.89 Å². The number of aromatic amines is 1. The molecule has 3 aromatic rings. The number of hydrogen-bond donors (Lipinski definition) is 1. The third-order valence-electron chi connectivity index (χ3n) is 3.73. The molecule has 2 aromatic heterocycles. The minimum absolute atomic E-state index is 0.170. The molecule has 1 aromatic carbocycles. The van der Waals surface area contributed by atoms with Crippen LogP contribution in [-0.2, 0) is 17.6 Å². The first-order chi connectivity index (χ1) is 10.9. The number of rotatable bonds is 6. The largest absolute Gasteiger partial charge is 0.339 e. The number of aromatic nitrogens is 4. The van der Waals surface area contributed by atoms with E-state index in [1.54, 1.807) is 13.1 Å². The average Bonchev–Trinajstić information content (AvgIpc) is 3.05. The van der Waals surface area contributed by atoms with Crippen molar-refractivity contribution in [3.8, 4) is 0 Å². The Morgan fingerprint density at radius 3 is 2.96 bits per heavy atom. The van der Waals surface area contributed by atoms with Crippen LogP contribution in [0.3, 0.4) is 0 Å². The highest BCUT2D eigenvalue weighted by Crippen LogP contribution is 2.25. The van der Waals surface area contributed by atoms with E-state index in [0.717, 1.165) is 16.5 Å². The van der Waals surface area contributed by atoms with Crippen molar-refractivity contribution in [2.75, 3.05) is 0 Å². The van der Waals surface area contributed by atoms with Gasteiger partial charge in [-0.3, -0.25) is 5.10 Å². The zero-order valence-corrected chi connectivity index (χ0v) is 13.6. The highest BCUT2D eigenvalue weighted by atomic mass is 16.5. The molecule has 0 unspecified atom stereocenters. The number of H-pyrrole nitrogens is 1. The molecule has 6 nitrogen and oxygen atoms in total. The molecule has 0 amide bonds. The average molecular weight is 312 g/mol. The summed E-state index contributed by atoms with van der Waals surface area (Å²) in [4.78, 5) is 15.8. The first kappa shape index (κ1) is 15.4. The Hall–Kier alpha value is -2.50. The first-order valence-corrected chi connectivity index (χ1v) is 7.64. The van der Waals surface area contributed by atoms with Gasteiger partial charge in [0.15, 0.2) is 5.82 Å². The summed E-state index contributed by atoms with van der Waals surface area (Å²) in [5, 5.41) is 12.1. The molecule has 23 heavy (non-hydrogen) atoms. The second kappa shape index (κ2) is 5.95. The Morgan fingerprint density at radius 1 is 1.35 bits per heavy atom. The SMILES string of the molecule is CC(=O)CC(C)(C)Cc1nc(Cc2ccc3[nH]ncc3c2)no1. The Labute approximate surface area is 134 Å². The molecule has 3 rings (SSSR count). The Morgan fingerprint density at radius 2 is 2.17 bits per heavy atom. The van der Waals surface area contributed by atoms with Crippen LogP contribution in [0, 0.1) is 5.41 Å². The van der Waals surface area contributed by atoms with Crippen LogP contribution < -0.4 is 0 Å². The number of fused-ring (bicyclic) bond motifs is 1. The Bertz CT molecular complexity index is 832. The van der Waals surface area contributed by atoms with Crippen LogP contribution in [0.1, 0.15) is 44.5 Å². The van der Waals surface area contributed by atoms with E-state index in [1.165, 1.54) is 0 Å². The maximum absolute atomic E-state index is 11.3. The summed E-state index contributed by atoms with van der Waals surface area (Å²) < 4.78 is 5.34. The molecule has 0 atom stereocenters. The number of nitrogens with one attached hydrogen (secondary N) is 1. The van der Waals surface area contributed by atoms with Crippen molar-refractivity contribution in [3.63, 3.8) is 0 Å². The molecule has 1 N–H and O–H groups in total. The van der Waals surface area contributed by atoms with Gasteiger partial charge in [-0.2, -0.15) is 10.1 Å². The maximum Gasteiger partial charge on any atom is 0.227 e. The summed E-state index contributed by atoms with van der Waals surface area (Å²) in [6.45, 7) is 5.67. The van der Waals surface area contributed by atoms with Crippen molar-refractivity contribution in [2.24, 2.45) is 5.41 Å². The third-order valence-corrected chi connectivity index (χ3v) is 3.73. The van der Waals surface area contributed by atoms with Gasteiger partial charge in [-0.1, -0.05) is 25.1 Å². The summed E-state index contributed by atoms with van der Waals surface area (Å²) >= 11 is 0. The summed E-state index contributed by atoms with van der Waals surface area (Å²) in [7, 11) is 0. The van der Waals surface area contributed by atoms with Gasteiger partial charge in [0, 0.05) is 24.6 Å². The van der Waals surface area contributed by atoms with Crippen molar-refractivity contribution in [3.05, 3.63) is 41.7 Å². The Balaban J connectivity index is 1.70. The lowest BCUT2D eigenvalue weighted by molar-refractivity contribution is -0.118. The molecule has 2 heterocycles. The van der Waals surface area contributed by atoms with Crippen molar-refractivity contribution in [1.82, 2.24) is 20.3 Å². The van der Waals surface area contributed by atoms with Crippen molar-refractivity contribution < 1.29 is 9.32 Å². The molecule has 0 aliphatic carbocycles. The molecule has 0 fully saturated rings. The number of hydrogen-bond acceptors (Lipinski definition) is 5. The number of carbonyl (C=O) groups excluding carboxylic acids is 1. The monoisotopic (exact) mass is 312 g/mol. The van der Waals surface area contributed by atoms with Gasteiger partial charge in [-0.25, -0.2) is 0 Å². The van der Waals surface area contributed by atoms with Crippen LogP contribution in [0.2, 0.25) is 0 Å². The number of carbonyl (C=O) groups is 1. The molecular weight excluding hydrogens is 292 g/mol. The zero-order valence-electron chi connectivity index (χ0n) is 13.6. The maximum atomic E-state index is 11.3. The van der Waals surface area contributed by atoms with E-state index in [0.29, 0.717) is 31.0 Å². The van der Waals surface area contributed by atoms with E-state index < -0.39 is 0 Å². The second-order valence-electron chi connectivity index (χ2n) is 6.79. The van der Waals surface area contributed by atoms with E-state index in [2.05, 4.69) is 26.4 Å². The summed E-state index contributed by atoms with van der Waals surface area (Å²) in [5.41, 5.74) is 1.94. The fourth-order valence-electron chi connectivity index (χ4n) is 2.86. The van der Waals surface area contributed by atoms with Crippen LogP contribution in [-0.4, -0.2) is 26.1 Å². The van der Waals surface area contributed by atoms with Crippen LogP contribution in [0.25, 0.3) is 10.9 Å². The van der Waals surface area contributed by atoms with Crippen molar-refractivity contribution in [2.45, 2.75) is 40.0 Å². The smallest absolute Gasteiger partial charge is 0.227 e. The normalized spacial score (nSPS) is 12.0. The van der Waals surface area contributed by atoms with Gasteiger partial charge in [0.25, 0.3) is 0 Å². The van der Waals surface area contributed by atoms with Crippen LogP contribution in [0.15, 0.2) is 28.9 Å². The van der Waals surface area contributed by atoms with Gasteiger partial charge in [0.05, 0.1) is 11.7 Å². The van der Waals surface area contributed by atoms with E-state index in [-0.39, 0.29) is 11.2 Å². The van der Waals surface area contributed by atoms with Crippen LogP contribution in [0.5, 0.6) is 0 Å². The lowest BCUT2D eigenvalue weighted by Crippen LogP contribution is -2.18. The molecule has 0 saturated heterocycles. The molecular formula is C17H20N4O2. The number of nitrogens with zero attached hydrogens (tertiary/aromatic N) is 3. The standard InChI is InChI=1S/C17H20N4O2/c1-11(22)8-17(2,3)9-16-19-15(21-23-16)7-12-4-5-14-13(6-12)10-18-20-14/h4-6,10H,7-9H2,1-3H3,(H,18,20). The van der Waals surface area contributed by atoms with Crippen LogP contribution in [0.4, 0.5) is 0 Å². The molecule has 6 heteroatoms. The fraction of sp³-hybridized carbons (Fsp3) is 0.412. The van der Waals surface area contributed by atoms with E-state index in [1.807, 2.05) is 26.0 Å². The summed E-state index contributed by atoms with van der Waals surface area (Å²) in [6.07, 6.45) is 3.50. The van der Waals surface area contributed by atoms with E-state index in [9.17, 15) is 4.79 Å². The van der Waals surface area contributed by atoms with Gasteiger partial charge in [-0.15, -0.1) is 0 Å². The lowest BCUT2D eigenvalue weighted by atomic mass is 9.84. The number of Topliss-reactive ketones (excluding diaryl/α,β-unsaturated/α-hetero) is 1. The molecule has 0 bridgehead atoms. The Kier molecular flexibility index (Phi) is 3.98. The minimum Gasteiger partial charge on any atom is -0.339 e. The predicted octanol–water partition coefficient (Wildman–Crippen LogP) is 3.08. The van der Waals surface area contributed by atoms with Gasteiger partial charge in [0.1, 0.15) is 5.78 Å². The van der Waals surface area contributed by atoms with Crippen molar-refractivity contribution in [1.29, 1.82) is 0 Å². The summed E-state index contributed by atoms with van der Waals surface area (Å²) in [6, 6.07) is 6.08. The molecule has 0 saturated carbocycles. The van der Waals surface area contributed by atoms with Crippen molar-refractivity contribution >= 4 is 16.7 Å². The van der Waals surface area contributed by atoms with Crippen LogP contribution >= 0.6 is 0 Å². The highest BCUT2D eigenvalue weighted by molar-refractivity contribution is 5.78. The number of benzene rings is 1. The third kappa shape index (κ3) is 3.83.